The molecule has 1 aromatic carbocycles. The van der Waals surface area contributed by atoms with Crippen LogP contribution >= 0.6 is 39.1 Å². The summed E-state index contributed by atoms with van der Waals surface area (Å²) in [5, 5.41) is 18.4. The summed E-state index contributed by atoms with van der Waals surface area (Å²) in [5.41, 5.74) is 0.101. The predicted molar refractivity (Wildman–Crippen MR) is 56.8 cm³/mol. The van der Waals surface area contributed by atoms with Gasteiger partial charge in [-0.1, -0.05) is 39.1 Å². The molecule has 1 atom stereocenters. The highest BCUT2D eigenvalue weighted by Gasteiger charge is 2.22. The van der Waals surface area contributed by atoms with Gasteiger partial charge in [0.15, 0.2) is 6.10 Å². The second-order valence-electron chi connectivity index (χ2n) is 2.52. The van der Waals surface area contributed by atoms with Gasteiger partial charge in [0.25, 0.3) is 0 Å². The smallest absolute Gasteiger partial charge is 0.337 e. The summed E-state index contributed by atoms with van der Waals surface area (Å²) in [6.07, 6.45) is -1.66. The van der Waals surface area contributed by atoms with Gasteiger partial charge in [-0.25, -0.2) is 4.79 Å². The lowest BCUT2D eigenvalue weighted by molar-refractivity contribution is -0.147. The Morgan fingerprint density at radius 2 is 2.00 bits per heavy atom. The van der Waals surface area contributed by atoms with Crippen molar-refractivity contribution in [3.63, 3.8) is 0 Å². The number of carboxylic acids is 1. The zero-order valence-corrected chi connectivity index (χ0v) is 9.77. The first kappa shape index (κ1) is 11.8. The molecule has 3 nitrogen and oxygen atoms in total. The molecule has 6 heteroatoms. The molecular weight excluding hydrogens is 295 g/mol. The zero-order chi connectivity index (χ0) is 10.9. The van der Waals surface area contributed by atoms with E-state index in [0.717, 1.165) is 0 Å². The quantitative estimate of drug-likeness (QED) is 0.883. The van der Waals surface area contributed by atoms with E-state index in [1.165, 1.54) is 12.1 Å². The van der Waals surface area contributed by atoms with E-state index in [9.17, 15) is 9.90 Å². The number of rotatable bonds is 2. The Balaban J connectivity index is 3.27. The van der Waals surface area contributed by atoms with E-state index in [1.54, 1.807) is 0 Å². The Morgan fingerprint density at radius 3 is 2.43 bits per heavy atom. The molecule has 1 aromatic rings. The number of hydrogen-bond donors (Lipinski definition) is 2. The van der Waals surface area contributed by atoms with Gasteiger partial charge in [0.05, 0.1) is 0 Å². The maximum absolute atomic E-state index is 10.5. The van der Waals surface area contributed by atoms with Crippen molar-refractivity contribution in [1.29, 1.82) is 0 Å². The summed E-state index contributed by atoms with van der Waals surface area (Å²) >= 11 is 14.5. The maximum atomic E-state index is 10.5. The molecule has 14 heavy (non-hydrogen) atoms. The minimum absolute atomic E-state index is 0.101. The van der Waals surface area contributed by atoms with Crippen LogP contribution in [0, 0.1) is 0 Å². The van der Waals surface area contributed by atoms with Gasteiger partial charge in [-0.05, 0) is 12.1 Å². The Kier molecular flexibility index (Phi) is 3.78. The lowest BCUT2D eigenvalue weighted by Crippen LogP contribution is -2.11. The lowest BCUT2D eigenvalue weighted by Gasteiger charge is -2.10. The number of aliphatic carboxylic acids is 1. The van der Waals surface area contributed by atoms with Gasteiger partial charge in [-0.3, -0.25) is 0 Å². The average molecular weight is 300 g/mol. The molecule has 0 aromatic heterocycles. The second kappa shape index (κ2) is 4.49. The summed E-state index contributed by atoms with van der Waals surface area (Å²) in [7, 11) is 0. The number of halogens is 3. The van der Waals surface area contributed by atoms with Crippen LogP contribution in [0.25, 0.3) is 0 Å². The number of benzene rings is 1. The van der Waals surface area contributed by atoms with Gasteiger partial charge < -0.3 is 10.2 Å². The molecule has 0 fully saturated rings. The maximum Gasteiger partial charge on any atom is 0.337 e. The van der Waals surface area contributed by atoms with Crippen LogP contribution in [0.5, 0.6) is 0 Å². The third-order valence-electron chi connectivity index (χ3n) is 1.55. The van der Waals surface area contributed by atoms with Crippen LogP contribution < -0.4 is 0 Å². The minimum atomic E-state index is -1.66. The van der Waals surface area contributed by atoms with E-state index in [0.29, 0.717) is 9.50 Å². The molecule has 0 spiro atoms. The Bertz CT molecular complexity index is 358. The van der Waals surface area contributed by atoms with Crippen molar-refractivity contribution in [3.05, 3.63) is 32.2 Å². The monoisotopic (exact) mass is 298 g/mol. The van der Waals surface area contributed by atoms with Gasteiger partial charge in [-0.2, -0.15) is 0 Å². The number of hydrogen-bond acceptors (Lipinski definition) is 2. The number of aliphatic hydroxyl groups is 1. The zero-order valence-electron chi connectivity index (χ0n) is 6.67. The van der Waals surface area contributed by atoms with Crippen LogP contribution in [-0.2, 0) is 4.79 Å². The van der Waals surface area contributed by atoms with Gasteiger partial charge in [0, 0.05) is 20.1 Å². The van der Waals surface area contributed by atoms with Crippen molar-refractivity contribution in [3.8, 4) is 0 Å². The van der Waals surface area contributed by atoms with E-state index in [1.807, 2.05) is 0 Å². The van der Waals surface area contributed by atoms with E-state index in [-0.39, 0.29) is 10.6 Å². The summed E-state index contributed by atoms with van der Waals surface area (Å²) in [4.78, 5) is 10.5. The SMILES string of the molecule is O=C(O)C(O)c1c(Cl)cc(Cl)cc1Br. The van der Waals surface area contributed by atoms with Crippen molar-refractivity contribution in [2.75, 3.05) is 0 Å². The van der Waals surface area contributed by atoms with Crippen LogP contribution in [-0.4, -0.2) is 16.2 Å². The Morgan fingerprint density at radius 1 is 1.43 bits per heavy atom. The molecule has 1 rings (SSSR count). The molecule has 0 amide bonds. The van der Waals surface area contributed by atoms with Crippen molar-refractivity contribution in [1.82, 2.24) is 0 Å². The molecular formula is C8H5BrCl2O3. The fourth-order valence-corrected chi connectivity index (χ4v) is 2.46. The second-order valence-corrected chi connectivity index (χ2v) is 4.22. The van der Waals surface area contributed by atoms with Crippen LogP contribution in [0.2, 0.25) is 10.0 Å². The first-order chi connectivity index (χ1) is 6.43. The van der Waals surface area contributed by atoms with Crippen molar-refractivity contribution in [2.24, 2.45) is 0 Å². The van der Waals surface area contributed by atoms with E-state index < -0.39 is 12.1 Å². The van der Waals surface area contributed by atoms with Crippen molar-refractivity contribution < 1.29 is 15.0 Å². The van der Waals surface area contributed by atoms with E-state index in [4.69, 9.17) is 28.3 Å². The Labute approximate surface area is 98.4 Å². The van der Waals surface area contributed by atoms with Crippen LogP contribution in [0.1, 0.15) is 11.7 Å². The third kappa shape index (κ3) is 2.39. The highest BCUT2D eigenvalue weighted by molar-refractivity contribution is 9.10. The molecule has 0 heterocycles. The van der Waals surface area contributed by atoms with E-state index in [2.05, 4.69) is 15.9 Å². The minimum Gasteiger partial charge on any atom is -0.479 e. The van der Waals surface area contributed by atoms with Gasteiger partial charge in [0.1, 0.15) is 0 Å². The molecule has 76 valence electrons. The lowest BCUT2D eigenvalue weighted by atomic mass is 10.1. The number of carboxylic acid groups (broad SMARTS) is 1. The van der Waals surface area contributed by atoms with Gasteiger partial charge >= 0.3 is 5.97 Å². The topological polar surface area (TPSA) is 57.5 Å². The van der Waals surface area contributed by atoms with Crippen LogP contribution in [0.3, 0.4) is 0 Å². The fraction of sp³-hybridized carbons (Fsp3) is 0.125. The molecule has 0 aliphatic heterocycles. The average Bonchev–Trinajstić information content (AvgIpc) is 2.01. The number of carbonyl (C=O) groups is 1. The largest absolute Gasteiger partial charge is 0.479 e. The standard InChI is InChI=1S/C8H5BrCl2O3/c9-4-1-3(10)2-5(11)6(4)7(12)8(13)14/h1-2,7,12H,(H,13,14). The first-order valence-corrected chi connectivity index (χ1v) is 5.03. The molecule has 1 unspecified atom stereocenters. The molecule has 0 saturated carbocycles. The van der Waals surface area contributed by atoms with Crippen molar-refractivity contribution in [2.45, 2.75) is 6.10 Å². The summed E-state index contributed by atoms with van der Waals surface area (Å²) in [6.45, 7) is 0. The van der Waals surface area contributed by atoms with Gasteiger partial charge in [-0.15, -0.1) is 0 Å². The summed E-state index contributed by atoms with van der Waals surface area (Å²) in [5.74, 6) is -1.37. The predicted octanol–water partition coefficient (Wildman–Crippen LogP) is 2.87. The summed E-state index contributed by atoms with van der Waals surface area (Å²) < 4.78 is 0.366. The fourth-order valence-electron chi connectivity index (χ4n) is 0.938. The first-order valence-electron chi connectivity index (χ1n) is 3.48. The molecule has 2 N–H and O–H groups in total. The molecule has 0 radical (unpaired) electrons. The molecule has 0 aliphatic carbocycles. The highest BCUT2D eigenvalue weighted by Crippen LogP contribution is 2.33. The van der Waals surface area contributed by atoms with E-state index >= 15 is 0 Å². The molecule has 0 bridgehead atoms. The normalized spacial score (nSPS) is 12.6. The van der Waals surface area contributed by atoms with Crippen molar-refractivity contribution >= 4 is 45.1 Å². The third-order valence-corrected chi connectivity index (χ3v) is 2.74. The number of aliphatic hydroxyl groups excluding tert-OH is 1. The summed E-state index contributed by atoms with van der Waals surface area (Å²) in [6, 6.07) is 2.84. The van der Waals surface area contributed by atoms with Gasteiger partial charge in [0.2, 0.25) is 0 Å². The Hall–Kier alpha value is -0.290. The van der Waals surface area contributed by atoms with Crippen LogP contribution in [0.4, 0.5) is 0 Å². The molecule has 0 saturated heterocycles. The van der Waals surface area contributed by atoms with Crippen LogP contribution in [0.15, 0.2) is 16.6 Å². The molecule has 0 aliphatic rings. The highest BCUT2D eigenvalue weighted by atomic mass is 79.9.